The number of hydrogen-bond donors (Lipinski definition) is 0. The zero-order chi connectivity index (χ0) is 18.0. The van der Waals surface area contributed by atoms with E-state index < -0.39 is 0 Å². The molecule has 0 amide bonds. The Morgan fingerprint density at radius 2 is 1.67 bits per heavy atom. The van der Waals surface area contributed by atoms with E-state index in [1.807, 2.05) is 12.1 Å². The molecule has 1 aliphatic carbocycles. The molecule has 0 fully saturated rings. The second-order valence-corrected chi connectivity index (χ2v) is 7.45. The lowest BCUT2D eigenvalue weighted by Crippen LogP contribution is -2.28. The van der Waals surface area contributed by atoms with E-state index in [4.69, 9.17) is 4.42 Å². The third-order valence-electron chi connectivity index (χ3n) is 5.89. The van der Waals surface area contributed by atoms with Crippen LogP contribution >= 0.6 is 0 Å². The highest BCUT2D eigenvalue weighted by Crippen LogP contribution is 2.48. The maximum absolute atomic E-state index is 6.13. The van der Waals surface area contributed by atoms with E-state index in [2.05, 4.69) is 84.7 Å². The monoisotopic (exact) mass is 349 g/mol. The van der Waals surface area contributed by atoms with Crippen LogP contribution in [0.5, 0.6) is 0 Å². The number of rotatable bonds is 1. The first-order valence-corrected chi connectivity index (χ1v) is 9.46. The Kier molecular flexibility index (Phi) is 2.96. The topological polar surface area (TPSA) is 16.4 Å². The summed E-state index contributed by atoms with van der Waals surface area (Å²) >= 11 is 0. The van der Waals surface area contributed by atoms with Crippen molar-refractivity contribution in [1.29, 1.82) is 0 Å². The molecular formula is C25H19NO. The quantitative estimate of drug-likeness (QED) is 0.384. The lowest BCUT2D eigenvalue weighted by Gasteiger charge is -2.29. The van der Waals surface area contributed by atoms with Crippen LogP contribution < -0.4 is 4.90 Å². The minimum absolute atomic E-state index is 0.322. The van der Waals surface area contributed by atoms with Gasteiger partial charge in [-0.25, -0.2) is 0 Å². The maximum Gasteiger partial charge on any atom is 0.138 e. The van der Waals surface area contributed by atoms with Crippen LogP contribution in [0.2, 0.25) is 0 Å². The van der Waals surface area contributed by atoms with Crippen molar-refractivity contribution < 1.29 is 4.42 Å². The summed E-state index contributed by atoms with van der Waals surface area (Å²) < 4.78 is 6.13. The van der Waals surface area contributed by atoms with Gasteiger partial charge in [-0.1, -0.05) is 60.7 Å². The molecule has 2 atom stereocenters. The molecule has 0 saturated carbocycles. The largest absolute Gasteiger partial charge is 0.456 e. The molecule has 130 valence electrons. The van der Waals surface area contributed by atoms with Crippen molar-refractivity contribution in [3.63, 3.8) is 0 Å². The van der Waals surface area contributed by atoms with Crippen LogP contribution in [0.1, 0.15) is 17.0 Å². The van der Waals surface area contributed by atoms with Crippen molar-refractivity contribution in [3.8, 4) is 0 Å². The molecule has 2 unspecified atom stereocenters. The Bertz CT molecular complexity index is 1260. The summed E-state index contributed by atoms with van der Waals surface area (Å²) in [5.41, 5.74) is 7.05. The summed E-state index contributed by atoms with van der Waals surface area (Å²) in [5, 5.41) is 2.37. The van der Waals surface area contributed by atoms with Gasteiger partial charge >= 0.3 is 0 Å². The molecule has 3 aromatic carbocycles. The molecule has 6 rings (SSSR count). The molecule has 27 heavy (non-hydrogen) atoms. The second kappa shape index (κ2) is 5.37. The predicted octanol–water partition coefficient (Wildman–Crippen LogP) is 6.62. The van der Waals surface area contributed by atoms with E-state index >= 15 is 0 Å². The van der Waals surface area contributed by atoms with E-state index in [0.717, 1.165) is 11.2 Å². The van der Waals surface area contributed by atoms with Gasteiger partial charge in [-0.3, -0.25) is 0 Å². The van der Waals surface area contributed by atoms with Crippen LogP contribution in [-0.2, 0) is 0 Å². The third kappa shape index (κ3) is 2.01. The minimum Gasteiger partial charge on any atom is -0.456 e. The molecule has 0 bridgehead atoms. The Hall–Kier alpha value is -3.26. The van der Waals surface area contributed by atoms with E-state index in [1.54, 1.807) is 0 Å². The van der Waals surface area contributed by atoms with Crippen LogP contribution in [-0.4, -0.2) is 6.04 Å². The fraction of sp³-hybridized carbons (Fsp3) is 0.120. The third-order valence-corrected chi connectivity index (χ3v) is 5.89. The molecule has 0 saturated heterocycles. The van der Waals surface area contributed by atoms with Crippen molar-refractivity contribution in [1.82, 2.24) is 0 Å². The van der Waals surface area contributed by atoms with Crippen LogP contribution in [0.25, 0.3) is 21.9 Å². The first-order valence-electron chi connectivity index (χ1n) is 9.46. The van der Waals surface area contributed by atoms with E-state index in [0.29, 0.717) is 12.0 Å². The number of fused-ring (bicyclic) bond motifs is 6. The number of anilines is 2. The number of allylic oxidation sites excluding steroid dienone is 2. The lowest BCUT2D eigenvalue weighted by atomic mass is 9.91. The molecule has 1 aliphatic heterocycles. The van der Waals surface area contributed by atoms with Crippen LogP contribution in [0, 0.1) is 6.92 Å². The SMILES string of the molecule is Cc1cc(N2c3ccccc3C3C=CC=CC32)cc2c1oc1ccccc12. The molecule has 2 aliphatic rings. The van der Waals surface area contributed by atoms with Gasteiger partial charge in [-0.05, 0) is 42.3 Å². The summed E-state index contributed by atoms with van der Waals surface area (Å²) in [5.74, 6) is 0.406. The van der Waals surface area contributed by atoms with Crippen LogP contribution in [0.3, 0.4) is 0 Å². The maximum atomic E-state index is 6.13. The van der Waals surface area contributed by atoms with Crippen LogP contribution in [0.4, 0.5) is 11.4 Å². The molecule has 0 N–H and O–H groups in total. The summed E-state index contributed by atoms with van der Waals surface area (Å²) in [7, 11) is 0. The van der Waals surface area contributed by atoms with Gasteiger partial charge in [0.2, 0.25) is 0 Å². The number of benzene rings is 3. The van der Waals surface area contributed by atoms with E-state index in [1.165, 1.54) is 33.3 Å². The van der Waals surface area contributed by atoms with E-state index in [9.17, 15) is 0 Å². The lowest BCUT2D eigenvalue weighted by molar-refractivity contribution is 0.665. The van der Waals surface area contributed by atoms with Gasteiger partial charge in [0.25, 0.3) is 0 Å². The molecule has 2 nitrogen and oxygen atoms in total. The molecule has 0 radical (unpaired) electrons. The van der Waals surface area contributed by atoms with Gasteiger partial charge in [0.15, 0.2) is 0 Å². The van der Waals surface area contributed by atoms with Crippen molar-refractivity contribution in [2.45, 2.75) is 18.9 Å². The normalized spacial score (nSPS) is 20.4. The van der Waals surface area contributed by atoms with Gasteiger partial charge < -0.3 is 9.32 Å². The Morgan fingerprint density at radius 1 is 0.852 bits per heavy atom. The predicted molar refractivity (Wildman–Crippen MR) is 112 cm³/mol. The molecule has 1 aromatic heterocycles. The zero-order valence-corrected chi connectivity index (χ0v) is 15.1. The summed E-state index contributed by atoms with van der Waals surface area (Å²) in [6.45, 7) is 2.14. The molecular weight excluding hydrogens is 330 g/mol. The number of nitrogens with zero attached hydrogens (tertiary/aromatic N) is 1. The van der Waals surface area contributed by atoms with Gasteiger partial charge in [-0.15, -0.1) is 0 Å². The summed E-state index contributed by atoms with van der Waals surface area (Å²) in [6, 6.07) is 21.9. The van der Waals surface area contributed by atoms with Gasteiger partial charge in [0.05, 0.1) is 6.04 Å². The highest BCUT2D eigenvalue weighted by molar-refractivity contribution is 6.07. The molecule has 4 aromatic rings. The fourth-order valence-electron chi connectivity index (χ4n) is 4.71. The van der Waals surface area contributed by atoms with Crippen LogP contribution in [0.15, 0.2) is 89.4 Å². The van der Waals surface area contributed by atoms with E-state index in [-0.39, 0.29) is 0 Å². The number of furan rings is 1. The Morgan fingerprint density at radius 3 is 2.63 bits per heavy atom. The Balaban J connectivity index is 1.62. The number of aryl methyl sites for hydroxylation is 1. The van der Waals surface area contributed by atoms with Gasteiger partial charge in [0.1, 0.15) is 11.2 Å². The Labute approximate surface area is 158 Å². The second-order valence-electron chi connectivity index (χ2n) is 7.45. The average molecular weight is 349 g/mol. The van der Waals surface area contributed by atoms with Crippen molar-refractivity contribution in [2.24, 2.45) is 0 Å². The van der Waals surface area contributed by atoms with Gasteiger partial charge in [-0.2, -0.15) is 0 Å². The smallest absolute Gasteiger partial charge is 0.138 e. The van der Waals surface area contributed by atoms with Crippen molar-refractivity contribution >= 4 is 33.3 Å². The summed E-state index contributed by atoms with van der Waals surface area (Å²) in [4.78, 5) is 2.48. The zero-order valence-electron chi connectivity index (χ0n) is 15.1. The highest BCUT2D eigenvalue weighted by atomic mass is 16.3. The molecule has 2 heterocycles. The fourth-order valence-corrected chi connectivity index (χ4v) is 4.71. The first-order chi connectivity index (χ1) is 13.3. The number of para-hydroxylation sites is 2. The first kappa shape index (κ1) is 14.9. The minimum atomic E-state index is 0.322. The number of hydrogen-bond acceptors (Lipinski definition) is 2. The average Bonchev–Trinajstić information content (AvgIpc) is 3.24. The highest BCUT2D eigenvalue weighted by Gasteiger charge is 2.37. The standard InChI is InChI=1S/C25H19NO/c1-16-14-17(15-21-20-10-4-7-13-24(20)27-25(16)21)26-22-11-5-2-8-18(22)19-9-3-6-12-23(19)26/h2-15,18,22H,1H3. The molecule has 0 spiro atoms. The van der Waals surface area contributed by atoms with Gasteiger partial charge in [0, 0.05) is 28.1 Å². The molecule has 2 heteroatoms. The summed E-state index contributed by atoms with van der Waals surface area (Å²) in [6.07, 6.45) is 8.97. The van der Waals surface area contributed by atoms with Crippen molar-refractivity contribution in [2.75, 3.05) is 4.90 Å². The van der Waals surface area contributed by atoms with Crippen molar-refractivity contribution in [3.05, 3.63) is 96.1 Å².